The van der Waals surface area contributed by atoms with Gasteiger partial charge in [-0.15, -0.1) is 0 Å². The smallest absolute Gasteiger partial charge is 0.208 e. The summed E-state index contributed by atoms with van der Waals surface area (Å²) in [6.07, 6.45) is 0.450. The van der Waals surface area contributed by atoms with E-state index < -0.39 is 0 Å². The van der Waals surface area contributed by atoms with Crippen LogP contribution in [0.15, 0.2) is 6.07 Å². The van der Waals surface area contributed by atoms with Gasteiger partial charge in [0.15, 0.2) is 17.3 Å². The summed E-state index contributed by atoms with van der Waals surface area (Å²) in [6, 6.07) is 1.65. The maximum absolute atomic E-state index is 12.2. The molecular weight excluding hydrogens is 248 g/mol. The summed E-state index contributed by atoms with van der Waals surface area (Å²) in [5.74, 6) is 1.94. The molecule has 0 radical (unpaired) electrons. The lowest BCUT2D eigenvalue weighted by Gasteiger charge is -2.17. The third-order valence-electron chi connectivity index (χ3n) is 3.13. The first-order valence-electron chi connectivity index (χ1n) is 6.11. The third kappa shape index (κ3) is 2.32. The average Bonchev–Trinajstić information content (AvgIpc) is 2.55. The van der Waals surface area contributed by atoms with Gasteiger partial charge < -0.3 is 18.9 Å². The van der Waals surface area contributed by atoms with Crippen molar-refractivity contribution in [3.05, 3.63) is 11.6 Å². The predicted octanol–water partition coefficient (Wildman–Crippen LogP) is 2.31. The van der Waals surface area contributed by atoms with E-state index in [-0.39, 0.29) is 11.7 Å². The SMILES string of the molecule is COc1cc2c(c(OC)c1OC)OCC(C)CC2=O. The summed E-state index contributed by atoms with van der Waals surface area (Å²) >= 11 is 0. The van der Waals surface area contributed by atoms with Crippen LogP contribution in [0, 0.1) is 5.92 Å². The molecule has 1 aliphatic heterocycles. The van der Waals surface area contributed by atoms with Gasteiger partial charge in [0.2, 0.25) is 11.5 Å². The quantitative estimate of drug-likeness (QED) is 0.840. The number of hydrogen-bond donors (Lipinski definition) is 0. The molecule has 19 heavy (non-hydrogen) atoms. The Hall–Kier alpha value is -1.91. The lowest BCUT2D eigenvalue weighted by Crippen LogP contribution is -2.07. The fraction of sp³-hybridized carbons (Fsp3) is 0.500. The molecule has 0 saturated carbocycles. The Bertz CT molecular complexity index is 495. The van der Waals surface area contributed by atoms with Gasteiger partial charge in [0.05, 0.1) is 33.5 Å². The molecule has 0 saturated heterocycles. The summed E-state index contributed by atoms with van der Waals surface area (Å²) in [6.45, 7) is 2.45. The summed E-state index contributed by atoms with van der Waals surface area (Å²) in [7, 11) is 4.56. The molecule has 0 aliphatic carbocycles. The minimum absolute atomic E-state index is 0.0271. The first kappa shape index (κ1) is 13.5. The fourth-order valence-electron chi connectivity index (χ4n) is 2.19. The first-order valence-corrected chi connectivity index (χ1v) is 6.11. The molecule has 0 fully saturated rings. The maximum Gasteiger partial charge on any atom is 0.208 e. The van der Waals surface area contributed by atoms with E-state index in [4.69, 9.17) is 18.9 Å². The monoisotopic (exact) mass is 266 g/mol. The molecule has 0 N–H and O–H groups in total. The van der Waals surface area contributed by atoms with E-state index in [0.717, 1.165) is 0 Å². The standard InChI is InChI=1S/C14H18O5/c1-8-5-10(15)9-6-11(16-2)13(17-3)14(18-4)12(9)19-7-8/h6,8H,5,7H2,1-4H3. The Balaban J connectivity index is 2.65. The van der Waals surface area contributed by atoms with Gasteiger partial charge >= 0.3 is 0 Å². The number of carbonyl (C=O) groups is 1. The van der Waals surface area contributed by atoms with Crippen LogP contribution >= 0.6 is 0 Å². The van der Waals surface area contributed by atoms with Crippen LogP contribution in [0.5, 0.6) is 23.0 Å². The molecule has 1 aromatic carbocycles. The molecule has 5 heteroatoms. The van der Waals surface area contributed by atoms with Crippen LogP contribution in [0.25, 0.3) is 0 Å². The molecule has 1 aliphatic rings. The molecule has 1 atom stereocenters. The molecule has 1 aromatic rings. The lowest BCUT2D eigenvalue weighted by atomic mass is 10.0. The Kier molecular flexibility index (Phi) is 3.83. The van der Waals surface area contributed by atoms with E-state index >= 15 is 0 Å². The van der Waals surface area contributed by atoms with Crippen LogP contribution in [0.4, 0.5) is 0 Å². The summed E-state index contributed by atoms with van der Waals surface area (Å²) in [5, 5.41) is 0. The highest BCUT2D eigenvalue weighted by atomic mass is 16.5. The fourth-order valence-corrected chi connectivity index (χ4v) is 2.19. The molecular formula is C14H18O5. The Morgan fingerprint density at radius 1 is 1.16 bits per heavy atom. The van der Waals surface area contributed by atoms with Crippen molar-refractivity contribution in [1.82, 2.24) is 0 Å². The second kappa shape index (κ2) is 5.38. The van der Waals surface area contributed by atoms with E-state index in [2.05, 4.69) is 0 Å². The van der Waals surface area contributed by atoms with Crippen LogP contribution < -0.4 is 18.9 Å². The number of carbonyl (C=O) groups excluding carboxylic acids is 1. The van der Waals surface area contributed by atoms with Gasteiger partial charge in [0, 0.05) is 6.42 Å². The predicted molar refractivity (Wildman–Crippen MR) is 69.7 cm³/mol. The molecule has 2 rings (SSSR count). The van der Waals surface area contributed by atoms with Gasteiger partial charge in [0.1, 0.15) is 0 Å². The molecule has 5 nitrogen and oxygen atoms in total. The van der Waals surface area contributed by atoms with E-state index in [1.807, 2.05) is 6.92 Å². The van der Waals surface area contributed by atoms with Crippen LogP contribution in [0.1, 0.15) is 23.7 Å². The summed E-state index contributed by atoms with van der Waals surface area (Å²) in [4.78, 5) is 12.2. The summed E-state index contributed by atoms with van der Waals surface area (Å²) in [5.41, 5.74) is 0.485. The number of rotatable bonds is 3. The van der Waals surface area contributed by atoms with Crippen LogP contribution in [-0.4, -0.2) is 33.7 Å². The molecule has 0 aromatic heterocycles. The zero-order valence-corrected chi connectivity index (χ0v) is 11.6. The van der Waals surface area contributed by atoms with Crippen molar-refractivity contribution in [3.8, 4) is 23.0 Å². The number of fused-ring (bicyclic) bond motifs is 1. The zero-order chi connectivity index (χ0) is 14.0. The number of benzene rings is 1. The normalized spacial score (nSPS) is 18.1. The molecule has 0 amide bonds. The van der Waals surface area contributed by atoms with Gasteiger partial charge in [-0.3, -0.25) is 4.79 Å². The number of hydrogen-bond acceptors (Lipinski definition) is 5. The zero-order valence-electron chi connectivity index (χ0n) is 11.6. The number of methoxy groups -OCH3 is 3. The second-order valence-corrected chi connectivity index (χ2v) is 4.57. The molecule has 1 heterocycles. The maximum atomic E-state index is 12.2. The van der Waals surface area contributed by atoms with E-state index in [0.29, 0.717) is 41.6 Å². The minimum Gasteiger partial charge on any atom is -0.493 e. The highest BCUT2D eigenvalue weighted by Crippen LogP contribution is 2.48. The first-order chi connectivity index (χ1) is 9.12. The average molecular weight is 266 g/mol. The van der Waals surface area contributed by atoms with Gasteiger partial charge in [0.25, 0.3) is 0 Å². The minimum atomic E-state index is 0.0271. The van der Waals surface area contributed by atoms with Crippen LogP contribution in [0.3, 0.4) is 0 Å². The van der Waals surface area contributed by atoms with Crippen molar-refractivity contribution in [2.75, 3.05) is 27.9 Å². The van der Waals surface area contributed by atoms with Crippen molar-refractivity contribution >= 4 is 5.78 Å². The number of ether oxygens (including phenoxy) is 4. The highest BCUT2D eigenvalue weighted by Gasteiger charge is 2.29. The molecule has 0 bridgehead atoms. The second-order valence-electron chi connectivity index (χ2n) is 4.57. The third-order valence-corrected chi connectivity index (χ3v) is 3.13. The van der Waals surface area contributed by atoms with E-state index in [1.54, 1.807) is 6.07 Å². The van der Waals surface area contributed by atoms with Gasteiger partial charge in [-0.1, -0.05) is 6.92 Å². The van der Waals surface area contributed by atoms with Crippen molar-refractivity contribution in [2.24, 2.45) is 5.92 Å². The Labute approximate surface area is 112 Å². The van der Waals surface area contributed by atoms with Crippen molar-refractivity contribution in [3.63, 3.8) is 0 Å². The van der Waals surface area contributed by atoms with Crippen molar-refractivity contribution in [1.29, 1.82) is 0 Å². The molecule has 1 unspecified atom stereocenters. The van der Waals surface area contributed by atoms with E-state index in [1.165, 1.54) is 21.3 Å². The largest absolute Gasteiger partial charge is 0.493 e. The molecule has 104 valence electrons. The summed E-state index contributed by atoms with van der Waals surface area (Å²) < 4.78 is 21.6. The van der Waals surface area contributed by atoms with Gasteiger partial charge in [-0.2, -0.15) is 0 Å². The molecule has 0 spiro atoms. The Morgan fingerprint density at radius 3 is 2.42 bits per heavy atom. The highest BCUT2D eigenvalue weighted by molar-refractivity contribution is 6.01. The van der Waals surface area contributed by atoms with Gasteiger partial charge in [-0.25, -0.2) is 0 Å². The van der Waals surface area contributed by atoms with Crippen molar-refractivity contribution < 1.29 is 23.7 Å². The van der Waals surface area contributed by atoms with Gasteiger partial charge in [-0.05, 0) is 12.0 Å². The number of ketones is 1. The Morgan fingerprint density at radius 2 is 1.84 bits per heavy atom. The number of Topliss-reactive ketones (excluding diaryl/α,β-unsaturated/α-hetero) is 1. The van der Waals surface area contributed by atoms with Crippen LogP contribution in [-0.2, 0) is 0 Å². The lowest BCUT2D eigenvalue weighted by molar-refractivity contribution is 0.0966. The topological polar surface area (TPSA) is 54.0 Å². The van der Waals surface area contributed by atoms with Crippen molar-refractivity contribution in [2.45, 2.75) is 13.3 Å². The van der Waals surface area contributed by atoms with E-state index in [9.17, 15) is 4.79 Å². The van der Waals surface area contributed by atoms with Crippen LogP contribution in [0.2, 0.25) is 0 Å².